The van der Waals surface area contributed by atoms with Crippen molar-refractivity contribution in [3.8, 4) is 0 Å². The molecule has 2 aliphatic rings. The lowest BCUT2D eigenvalue weighted by atomic mass is 9.88. The molecule has 0 aromatic carbocycles. The van der Waals surface area contributed by atoms with Crippen LogP contribution < -0.4 is 10.6 Å². The Labute approximate surface area is 92.0 Å². The molecule has 0 spiro atoms. The Bertz CT molecular complexity index is 230. The molecule has 2 aliphatic carbocycles. The lowest BCUT2D eigenvalue weighted by Crippen LogP contribution is -2.37. The van der Waals surface area contributed by atoms with E-state index in [-0.39, 0.29) is 0 Å². The lowest BCUT2D eigenvalue weighted by molar-refractivity contribution is -0.126. The molecule has 1 amide bonds. The minimum Gasteiger partial charge on any atom is -0.355 e. The zero-order chi connectivity index (χ0) is 10.7. The normalized spacial score (nSPS) is 33.3. The van der Waals surface area contributed by atoms with Gasteiger partial charge in [0.15, 0.2) is 0 Å². The molecule has 2 N–H and O–H groups in total. The van der Waals surface area contributed by atoms with E-state index in [1.54, 1.807) is 0 Å². The minimum absolute atomic E-state index is 0.306. The highest BCUT2D eigenvalue weighted by molar-refractivity contribution is 5.79. The van der Waals surface area contributed by atoms with Crippen molar-refractivity contribution in [3.05, 3.63) is 0 Å². The molecule has 86 valence electrons. The second kappa shape index (κ2) is 4.97. The lowest BCUT2D eigenvalue weighted by Gasteiger charge is -2.20. The average Bonchev–Trinajstić information content (AvgIpc) is 2.85. The summed E-state index contributed by atoms with van der Waals surface area (Å²) < 4.78 is 0. The van der Waals surface area contributed by atoms with Gasteiger partial charge in [-0.2, -0.15) is 0 Å². The van der Waals surface area contributed by atoms with Crippen LogP contribution in [0, 0.1) is 17.8 Å². The Kier molecular flexibility index (Phi) is 3.62. The molecule has 3 unspecified atom stereocenters. The van der Waals surface area contributed by atoms with Crippen molar-refractivity contribution >= 4 is 5.91 Å². The van der Waals surface area contributed by atoms with Crippen molar-refractivity contribution in [2.24, 2.45) is 17.8 Å². The molecule has 3 heteroatoms. The zero-order valence-corrected chi connectivity index (χ0v) is 9.59. The summed E-state index contributed by atoms with van der Waals surface area (Å²) in [7, 11) is 0. The maximum absolute atomic E-state index is 11.9. The largest absolute Gasteiger partial charge is 0.355 e. The van der Waals surface area contributed by atoms with Crippen LogP contribution in [-0.4, -0.2) is 25.5 Å². The van der Waals surface area contributed by atoms with Gasteiger partial charge in [0.2, 0.25) is 5.91 Å². The number of carbonyl (C=O) groups is 1. The predicted molar refractivity (Wildman–Crippen MR) is 60.5 cm³/mol. The van der Waals surface area contributed by atoms with Crippen LogP contribution in [0.2, 0.25) is 0 Å². The third kappa shape index (κ3) is 2.51. The number of likely N-dealkylation sites (N-methyl/N-ethyl adjacent to an activating group) is 1. The van der Waals surface area contributed by atoms with Crippen molar-refractivity contribution in [3.63, 3.8) is 0 Å². The monoisotopic (exact) mass is 210 g/mol. The quantitative estimate of drug-likeness (QED) is 0.668. The summed E-state index contributed by atoms with van der Waals surface area (Å²) in [6.45, 7) is 4.73. The van der Waals surface area contributed by atoms with Crippen molar-refractivity contribution in [1.82, 2.24) is 10.6 Å². The van der Waals surface area contributed by atoms with Crippen LogP contribution >= 0.6 is 0 Å². The highest BCUT2D eigenvalue weighted by Crippen LogP contribution is 2.48. The second-order valence-corrected chi connectivity index (χ2v) is 4.93. The van der Waals surface area contributed by atoms with Crippen molar-refractivity contribution in [2.75, 3.05) is 19.6 Å². The number of nitrogens with one attached hydrogen (secondary N) is 2. The van der Waals surface area contributed by atoms with Crippen LogP contribution in [0.3, 0.4) is 0 Å². The fourth-order valence-corrected chi connectivity index (χ4v) is 3.15. The Balaban J connectivity index is 1.68. The highest BCUT2D eigenvalue weighted by Gasteiger charge is 2.42. The average molecular weight is 210 g/mol. The van der Waals surface area contributed by atoms with Gasteiger partial charge >= 0.3 is 0 Å². The summed E-state index contributed by atoms with van der Waals surface area (Å²) in [5, 5.41) is 6.26. The van der Waals surface area contributed by atoms with E-state index in [1.807, 2.05) is 0 Å². The molecule has 0 heterocycles. The zero-order valence-electron chi connectivity index (χ0n) is 9.59. The Morgan fingerprint density at radius 3 is 2.73 bits per heavy atom. The summed E-state index contributed by atoms with van der Waals surface area (Å²) in [6, 6.07) is 0. The molecule has 2 fully saturated rings. The molecule has 0 aromatic rings. The molecule has 3 nitrogen and oxygen atoms in total. The van der Waals surface area contributed by atoms with Crippen molar-refractivity contribution in [1.29, 1.82) is 0 Å². The van der Waals surface area contributed by atoms with Gasteiger partial charge in [-0.1, -0.05) is 13.3 Å². The molecule has 0 aliphatic heterocycles. The van der Waals surface area contributed by atoms with Crippen LogP contribution in [0.5, 0.6) is 0 Å². The first kappa shape index (κ1) is 10.9. The van der Waals surface area contributed by atoms with E-state index >= 15 is 0 Å². The van der Waals surface area contributed by atoms with Gasteiger partial charge < -0.3 is 10.6 Å². The first-order valence-corrected chi connectivity index (χ1v) is 6.29. The maximum Gasteiger partial charge on any atom is 0.223 e. The molecule has 2 rings (SSSR count). The highest BCUT2D eigenvalue weighted by atomic mass is 16.1. The molecule has 2 saturated carbocycles. The van der Waals surface area contributed by atoms with E-state index in [9.17, 15) is 4.79 Å². The third-order valence-electron chi connectivity index (χ3n) is 3.93. The van der Waals surface area contributed by atoms with E-state index in [2.05, 4.69) is 17.6 Å². The Morgan fingerprint density at radius 2 is 2.13 bits per heavy atom. The Morgan fingerprint density at radius 1 is 1.27 bits per heavy atom. The van der Waals surface area contributed by atoms with Crippen LogP contribution in [0.4, 0.5) is 0 Å². The minimum atomic E-state index is 0.306. The fourth-order valence-electron chi connectivity index (χ4n) is 3.15. The van der Waals surface area contributed by atoms with Crippen LogP contribution in [0.15, 0.2) is 0 Å². The van der Waals surface area contributed by atoms with Crippen LogP contribution in [-0.2, 0) is 4.79 Å². The number of amides is 1. The van der Waals surface area contributed by atoms with Gasteiger partial charge in [0, 0.05) is 19.0 Å². The molecule has 2 bridgehead atoms. The summed E-state index contributed by atoms with van der Waals surface area (Å²) in [5.41, 5.74) is 0. The second-order valence-electron chi connectivity index (χ2n) is 4.93. The number of fused-ring (bicyclic) bond motifs is 2. The standard InChI is InChI=1S/C12H22N2O/c1-2-13-5-6-14-12(15)11-8-9-3-4-10(11)7-9/h9-11,13H,2-8H2,1H3,(H,14,15). The van der Waals surface area contributed by atoms with Crippen LogP contribution in [0.1, 0.15) is 32.6 Å². The smallest absolute Gasteiger partial charge is 0.223 e. The van der Waals surface area contributed by atoms with Gasteiger partial charge in [0.1, 0.15) is 0 Å². The van der Waals surface area contributed by atoms with E-state index in [0.717, 1.165) is 32.0 Å². The Hall–Kier alpha value is -0.570. The number of rotatable bonds is 5. The number of hydrogen-bond donors (Lipinski definition) is 2. The van der Waals surface area contributed by atoms with E-state index in [0.29, 0.717) is 17.7 Å². The summed E-state index contributed by atoms with van der Waals surface area (Å²) in [6.07, 6.45) is 5.12. The van der Waals surface area contributed by atoms with E-state index in [1.165, 1.54) is 19.3 Å². The fraction of sp³-hybridized carbons (Fsp3) is 0.917. The first-order chi connectivity index (χ1) is 7.31. The van der Waals surface area contributed by atoms with Gasteiger partial charge in [-0.3, -0.25) is 4.79 Å². The van der Waals surface area contributed by atoms with Crippen molar-refractivity contribution in [2.45, 2.75) is 32.6 Å². The summed E-state index contributed by atoms with van der Waals surface area (Å²) >= 11 is 0. The molecule has 15 heavy (non-hydrogen) atoms. The van der Waals surface area contributed by atoms with E-state index in [4.69, 9.17) is 0 Å². The topological polar surface area (TPSA) is 41.1 Å². The molecular weight excluding hydrogens is 188 g/mol. The summed E-state index contributed by atoms with van der Waals surface area (Å²) in [4.78, 5) is 11.9. The predicted octanol–water partition coefficient (Wildman–Crippen LogP) is 1.15. The van der Waals surface area contributed by atoms with Gasteiger partial charge in [0.25, 0.3) is 0 Å². The molecule has 0 saturated heterocycles. The molecular formula is C12H22N2O. The van der Waals surface area contributed by atoms with Gasteiger partial charge in [0.05, 0.1) is 0 Å². The number of carbonyl (C=O) groups excluding carboxylic acids is 1. The maximum atomic E-state index is 11.9. The van der Waals surface area contributed by atoms with Gasteiger partial charge in [-0.05, 0) is 37.6 Å². The van der Waals surface area contributed by atoms with Gasteiger partial charge in [-0.15, -0.1) is 0 Å². The van der Waals surface area contributed by atoms with Gasteiger partial charge in [-0.25, -0.2) is 0 Å². The SMILES string of the molecule is CCNCCNC(=O)C1CC2CCC1C2. The van der Waals surface area contributed by atoms with Crippen LogP contribution in [0.25, 0.3) is 0 Å². The molecule has 3 atom stereocenters. The molecule has 0 aromatic heterocycles. The summed E-state index contributed by atoms with van der Waals surface area (Å²) in [5.74, 6) is 2.21. The first-order valence-electron chi connectivity index (χ1n) is 6.29. The number of hydrogen-bond acceptors (Lipinski definition) is 2. The third-order valence-corrected chi connectivity index (χ3v) is 3.93. The van der Waals surface area contributed by atoms with E-state index < -0.39 is 0 Å². The van der Waals surface area contributed by atoms with Crippen molar-refractivity contribution < 1.29 is 4.79 Å². The molecule has 0 radical (unpaired) electrons.